The van der Waals surface area contributed by atoms with E-state index in [2.05, 4.69) is 10.4 Å². The Morgan fingerprint density at radius 1 is 1.43 bits per heavy atom. The van der Waals surface area contributed by atoms with Crippen molar-refractivity contribution in [3.63, 3.8) is 0 Å². The lowest BCUT2D eigenvalue weighted by atomic mass is 9.93. The van der Waals surface area contributed by atoms with Gasteiger partial charge in [-0.2, -0.15) is 5.10 Å². The monoisotopic (exact) mass is 305 g/mol. The number of thiophene rings is 1. The second kappa shape index (κ2) is 4.88. The van der Waals surface area contributed by atoms with E-state index < -0.39 is 11.9 Å². The number of nitrogens with zero attached hydrogens (tertiary/aromatic N) is 2. The number of hydrogen-bond donors (Lipinski definition) is 3. The lowest BCUT2D eigenvalue weighted by Crippen LogP contribution is -2.22. The predicted octanol–water partition coefficient (Wildman–Crippen LogP) is 1.32. The van der Waals surface area contributed by atoms with Gasteiger partial charge in [0, 0.05) is 22.7 Å². The van der Waals surface area contributed by atoms with Crippen molar-refractivity contribution in [3.05, 3.63) is 23.0 Å². The van der Waals surface area contributed by atoms with E-state index in [1.54, 1.807) is 6.20 Å². The molecule has 8 heteroatoms. The number of urea groups is 1. The number of nitrogens with one attached hydrogen (secondary N) is 1. The first kappa shape index (κ1) is 13.6. The number of fused-ring (bicyclic) bond motifs is 3. The van der Waals surface area contributed by atoms with Crippen LogP contribution in [0.2, 0.25) is 0 Å². The molecule has 0 radical (unpaired) electrons. The number of primary amides is 2. The molecule has 0 saturated heterocycles. The maximum atomic E-state index is 11.7. The van der Waals surface area contributed by atoms with Crippen LogP contribution < -0.4 is 16.8 Å². The van der Waals surface area contributed by atoms with Gasteiger partial charge in [-0.25, -0.2) is 4.79 Å². The normalized spacial score (nSPS) is 12.6. The maximum Gasteiger partial charge on any atom is 0.317 e. The molecular weight excluding hydrogens is 290 g/mol. The van der Waals surface area contributed by atoms with E-state index in [0.717, 1.165) is 34.7 Å². The SMILES string of the molecule is CCn1ncc2c1CCc1c-2sc(NC(N)=O)c1C(N)=O. The number of aryl methyl sites for hydroxylation is 1. The molecule has 0 spiro atoms. The van der Waals surface area contributed by atoms with Gasteiger partial charge >= 0.3 is 6.03 Å². The third-order valence-corrected chi connectivity index (χ3v) is 4.78. The largest absolute Gasteiger partial charge is 0.365 e. The molecule has 0 aliphatic heterocycles. The molecule has 5 N–H and O–H groups in total. The minimum absolute atomic E-state index is 0.365. The number of amides is 3. The van der Waals surface area contributed by atoms with Gasteiger partial charge in [-0.05, 0) is 25.3 Å². The van der Waals surface area contributed by atoms with Gasteiger partial charge < -0.3 is 11.5 Å². The van der Waals surface area contributed by atoms with E-state index in [-0.39, 0.29) is 0 Å². The Morgan fingerprint density at radius 3 is 2.81 bits per heavy atom. The molecular formula is C13H15N5O2S. The summed E-state index contributed by atoms with van der Waals surface area (Å²) in [7, 11) is 0. The molecule has 2 aromatic rings. The number of aromatic nitrogens is 2. The van der Waals surface area contributed by atoms with Crippen LogP contribution in [0, 0.1) is 0 Å². The van der Waals surface area contributed by atoms with Crippen LogP contribution in [0.1, 0.15) is 28.5 Å². The Morgan fingerprint density at radius 2 is 2.19 bits per heavy atom. The number of anilines is 1. The number of carbonyl (C=O) groups excluding carboxylic acids is 2. The van der Waals surface area contributed by atoms with E-state index in [1.807, 2.05) is 11.6 Å². The van der Waals surface area contributed by atoms with E-state index in [0.29, 0.717) is 17.0 Å². The molecule has 0 bridgehead atoms. The van der Waals surface area contributed by atoms with Gasteiger partial charge in [-0.3, -0.25) is 14.8 Å². The van der Waals surface area contributed by atoms with Gasteiger partial charge in [0.05, 0.1) is 11.8 Å². The van der Waals surface area contributed by atoms with Gasteiger partial charge in [0.15, 0.2) is 0 Å². The molecule has 0 saturated carbocycles. The number of rotatable bonds is 3. The first-order valence-corrected chi connectivity index (χ1v) is 7.41. The van der Waals surface area contributed by atoms with Crippen LogP contribution in [-0.2, 0) is 19.4 Å². The van der Waals surface area contributed by atoms with Crippen LogP contribution in [0.4, 0.5) is 9.80 Å². The van der Waals surface area contributed by atoms with Crippen LogP contribution in [0.15, 0.2) is 6.20 Å². The summed E-state index contributed by atoms with van der Waals surface area (Å²) in [6.07, 6.45) is 3.29. The molecule has 1 aliphatic rings. The summed E-state index contributed by atoms with van der Waals surface area (Å²) in [6, 6.07) is -0.708. The van der Waals surface area contributed by atoms with Crippen molar-refractivity contribution < 1.29 is 9.59 Å². The van der Waals surface area contributed by atoms with Gasteiger partial charge in [0.2, 0.25) is 0 Å². The van der Waals surface area contributed by atoms with Gasteiger partial charge in [0.25, 0.3) is 5.91 Å². The van der Waals surface area contributed by atoms with E-state index >= 15 is 0 Å². The summed E-state index contributed by atoms with van der Waals surface area (Å²) >= 11 is 1.32. The highest BCUT2D eigenvalue weighted by atomic mass is 32.1. The zero-order valence-corrected chi connectivity index (χ0v) is 12.3. The van der Waals surface area contributed by atoms with Crippen LogP contribution in [0.25, 0.3) is 10.4 Å². The molecule has 21 heavy (non-hydrogen) atoms. The van der Waals surface area contributed by atoms with Gasteiger partial charge in [0.1, 0.15) is 5.00 Å². The van der Waals surface area contributed by atoms with Crippen molar-refractivity contribution >= 4 is 28.3 Å². The molecule has 7 nitrogen and oxygen atoms in total. The average Bonchev–Trinajstić information content (AvgIpc) is 2.97. The lowest BCUT2D eigenvalue weighted by molar-refractivity contribution is 0.100. The minimum atomic E-state index is -0.708. The fourth-order valence-electron chi connectivity index (χ4n) is 2.76. The van der Waals surface area contributed by atoms with Crippen LogP contribution in [0.3, 0.4) is 0 Å². The van der Waals surface area contributed by atoms with E-state index in [4.69, 9.17) is 11.5 Å². The molecule has 110 valence electrons. The fraction of sp³-hybridized carbons (Fsp3) is 0.308. The summed E-state index contributed by atoms with van der Waals surface area (Å²) in [5, 5.41) is 7.26. The lowest BCUT2D eigenvalue weighted by Gasteiger charge is -2.14. The topological polar surface area (TPSA) is 116 Å². The zero-order valence-electron chi connectivity index (χ0n) is 11.5. The Hall–Kier alpha value is -2.35. The molecule has 3 amide bonds. The molecule has 1 aliphatic carbocycles. The minimum Gasteiger partial charge on any atom is -0.365 e. The first-order valence-electron chi connectivity index (χ1n) is 6.59. The Bertz CT molecular complexity index is 746. The van der Waals surface area contributed by atoms with E-state index in [9.17, 15) is 9.59 Å². The van der Waals surface area contributed by atoms with Gasteiger partial charge in [-0.15, -0.1) is 11.3 Å². The molecule has 2 aromatic heterocycles. The molecule has 3 rings (SSSR count). The summed E-state index contributed by atoms with van der Waals surface area (Å²) in [5.74, 6) is -0.553. The second-order valence-corrected chi connectivity index (χ2v) is 5.81. The van der Waals surface area contributed by atoms with Crippen LogP contribution >= 0.6 is 11.3 Å². The van der Waals surface area contributed by atoms with Gasteiger partial charge in [-0.1, -0.05) is 0 Å². The highest BCUT2D eigenvalue weighted by Crippen LogP contribution is 2.44. The zero-order chi connectivity index (χ0) is 15.1. The summed E-state index contributed by atoms with van der Waals surface area (Å²) in [4.78, 5) is 23.8. The first-order chi connectivity index (χ1) is 10.0. The highest BCUT2D eigenvalue weighted by Gasteiger charge is 2.29. The van der Waals surface area contributed by atoms with Crippen molar-refractivity contribution in [1.82, 2.24) is 9.78 Å². The van der Waals surface area contributed by atoms with Crippen molar-refractivity contribution in [2.45, 2.75) is 26.3 Å². The number of hydrogen-bond acceptors (Lipinski definition) is 4. The molecule has 0 atom stereocenters. The second-order valence-electron chi connectivity index (χ2n) is 4.79. The average molecular weight is 305 g/mol. The van der Waals surface area contributed by atoms with Crippen LogP contribution in [-0.4, -0.2) is 21.7 Å². The third-order valence-electron chi connectivity index (χ3n) is 3.59. The number of carbonyl (C=O) groups is 2. The molecule has 0 fully saturated rings. The van der Waals surface area contributed by atoms with Crippen LogP contribution in [0.5, 0.6) is 0 Å². The van der Waals surface area contributed by atoms with Crippen molar-refractivity contribution in [3.8, 4) is 10.4 Å². The van der Waals surface area contributed by atoms with Crippen molar-refractivity contribution in [2.75, 3.05) is 5.32 Å². The predicted molar refractivity (Wildman–Crippen MR) is 80.3 cm³/mol. The number of nitrogens with two attached hydrogens (primary N) is 2. The standard InChI is InChI=1S/C13H15N5O2S/c1-2-18-8-4-3-6-9(11(14)19)12(17-13(15)20)21-10(6)7(8)5-16-18/h5H,2-4H2,1H3,(H2,14,19)(H3,15,17,20). The Labute approximate surface area is 124 Å². The summed E-state index contributed by atoms with van der Waals surface area (Å²) in [6.45, 7) is 2.83. The molecule has 2 heterocycles. The molecule has 0 unspecified atom stereocenters. The highest BCUT2D eigenvalue weighted by molar-refractivity contribution is 7.20. The third kappa shape index (κ3) is 2.07. The maximum absolute atomic E-state index is 11.7. The molecule has 0 aromatic carbocycles. The Kier molecular flexibility index (Phi) is 3.17. The summed E-state index contributed by atoms with van der Waals surface area (Å²) in [5.41, 5.74) is 14.0. The Balaban J connectivity index is 2.18. The van der Waals surface area contributed by atoms with Crippen molar-refractivity contribution in [1.29, 1.82) is 0 Å². The summed E-state index contributed by atoms with van der Waals surface area (Å²) < 4.78 is 1.95. The smallest absolute Gasteiger partial charge is 0.317 e. The van der Waals surface area contributed by atoms with E-state index in [1.165, 1.54) is 11.3 Å². The van der Waals surface area contributed by atoms with Crippen molar-refractivity contribution in [2.24, 2.45) is 11.5 Å². The fourth-order valence-corrected chi connectivity index (χ4v) is 4.05. The quantitative estimate of drug-likeness (QED) is 0.794.